The second-order valence-electron chi connectivity index (χ2n) is 7.39. The first-order valence-electron chi connectivity index (χ1n) is 9.71. The molecular weight excluding hydrogens is 366 g/mol. The van der Waals surface area contributed by atoms with Gasteiger partial charge in [0.25, 0.3) is 5.91 Å². The van der Waals surface area contributed by atoms with Gasteiger partial charge in [0.15, 0.2) is 0 Å². The predicted octanol–water partition coefficient (Wildman–Crippen LogP) is 4.70. The summed E-state index contributed by atoms with van der Waals surface area (Å²) in [5, 5.41) is 12.3. The third-order valence-corrected chi connectivity index (χ3v) is 6.05. The van der Waals surface area contributed by atoms with E-state index in [1.54, 1.807) is 17.8 Å². The number of hydrogen-bond acceptors (Lipinski definition) is 3. The van der Waals surface area contributed by atoms with Gasteiger partial charge in [-0.2, -0.15) is 17.0 Å². The summed E-state index contributed by atoms with van der Waals surface area (Å²) in [5.74, 6) is 1.44. The average molecular weight is 394 g/mol. The number of rotatable bonds is 8. The Bertz CT molecular complexity index is 915. The van der Waals surface area contributed by atoms with Crippen LogP contribution in [0.2, 0.25) is 0 Å². The topological polar surface area (TPSA) is 57.8 Å². The Morgan fingerprint density at radius 3 is 2.64 bits per heavy atom. The van der Waals surface area contributed by atoms with E-state index in [4.69, 9.17) is 0 Å². The molecule has 1 N–H and O–H groups in total. The van der Waals surface area contributed by atoms with Gasteiger partial charge < -0.3 is 9.88 Å². The average Bonchev–Trinajstić information content (AvgIpc) is 3.46. The molecule has 0 saturated heterocycles. The minimum Gasteiger partial charge on any atom is -0.351 e. The van der Waals surface area contributed by atoms with Gasteiger partial charge in [0, 0.05) is 35.5 Å². The van der Waals surface area contributed by atoms with E-state index in [-0.39, 0.29) is 11.5 Å². The zero-order valence-corrected chi connectivity index (χ0v) is 17.6. The molecule has 1 aromatic heterocycles. The van der Waals surface area contributed by atoms with Crippen LogP contribution in [0.15, 0.2) is 35.9 Å². The maximum atomic E-state index is 12.4. The van der Waals surface area contributed by atoms with Gasteiger partial charge in [-0.05, 0) is 56.9 Å². The zero-order chi connectivity index (χ0) is 20.1. The monoisotopic (exact) mass is 393 g/mol. The van der Waals surface area contributed by atoms with Gasteiger partial charge >= 0.3 is 0 Å². The summed E-state index contributed by atoms with van der Waals surface area (Å²) in [6, 6.07) is 13.2. The van der Waals surface area contributed by atoms with Crippen LogP contribution in [-0.4, -0.2) is 22.8 Å². The highest BCUT2D eigenvalue weighted by atomic mass is 32.2. The highest BCUT2D eigenvalue weighted by molar-refractivity contribution is 7.98. The molecule has 1 heterocycles. The number of carbonyl (C=O) groups excluding carboxylic acids is 1. The Labute approximate surface area is 171 Å². The van der Waals surface area contributed by atoms with Gasteiger partial charge in [0.05, 0.1) is 0 Å². The molecule has 3 rings (SSSR count). The minimum atomic E-state index is -0.297. The van der Waals surface area contributed by atoms with Crippen molar-refractivity contribution in [1.29, 1.82) is 5.26 Å². The smallest absolute Gasteiger partial charge is 0.261 e. The fourth-order valence-corrected chi connectivity index (χ4v) is 4.17. The van der Waals surface area contributed by atoms with Crippen LogP contribution in [0.4, 0.5) is 0 Å². The molecule has 0 bridgehead atoms. The fourth-order valence-electron chi connectivity index (χ4n) is 3.35. The van der Waals surface area contributed by atoms with Crippen LogP contribution < -0.4 is 5.32 Å². The van der Waals surface area contributed by atoms with Gasteiger partial charge in [-0.25, -0.2) is 0 Å². The lowest BCUT2D eigenvalue weighted by Gasteiger charge is -2.07. The highest BCUT2D eigenvalue weighted by Gasteiger charge is 2.26. The number of thioether (sulfide) groups is 1. The zero-order valence-electron chi connectivity index (χ0n) is 16.8. The van der Waals surface area contributed by atoms with E-state index in [2.05, 4.69) is 67.1 Å². The lowest BCUT2D eigenvalue weighted by Crippen LogP contribution is -2.26. The standard InChI is InChI=1S/C23H27N3OS/c1-16-4-6-19(7-5-16)15-28-11-10-25-23(27)21(14-24)13-20-12-17(2)26(18(20)3)22-8-9-22/h4-7,12-13,22H,8-11,15H2,1-3H3,(H,25,27). The Balaban J connectivity index is 1.51. The van der Waals surface area contributed by atoms with E-state index < -0.39 is 0 Å². The Kier molecular flexibility index (Phi) is 6.64. The number of aromatic nitrogens is 1. The summed E-state index contributed by atoms with van der Waals surface area (Å²) >= 11 is 1.77. The Morgan fingerprint density at radius 2 is 2.00 bits per heavy atom. The molecular formula is C23H27N3OS. The molecule has 5 heteroatoms. The van der Waals surface area contributed by atoms with Crippen molar-refractivity contribution in [2.75, 3.05) is 12.3 Å². The number of hydrogen-bond donors (Lipinski definition) is 1. The van der Waals surface area contributed by atoms with Crippen molar-refractivity contribution in [2.24, 2.45) is 0 Å². The van der Waals surface area contributed by atoms with Gasteiger partial charge in [0.1, 0.15) is 11.6 Å². The number of carbonyl (C=O) groups is 1. The lowest BCUT2D eigenvalue weighted by atomic mass is 10.1. The maximum absolute atomic E-state index is 12.4. The second kappa shape index (κ2) is 9.16. The molecule has 1 aliphatic carbocycles. The summed E-state index contributed by atoms with van der Waals surface area (Å²) < 4.78 is 2.32. The van der Waals surface area contributed by atoms with E-state index in [1.807, 2.05) is 0 Å². The molecule has 1 fully saturated rings. The van der Waals surface area contributed by atoms with E-state index >= 15 is 0 Å². The van der Waals surface area contributed by atoms with E-state index in [0.29, 0.717) is 12.6 Å². The first kappa shape index (κ1) is 20.3. The molecule has 0 radical (unpaired) electrons. The molecule has 0 unspecified atom stereocenters. The molecule has 0 spiro atoms. The van der Waals surface area contributed by atoms with Crippen molar-refractivity contribution >= 4 is 23.7 Å². The van der Waals surface area contributed by atoms with Crippen molar-refractivity contribution in [3.8, 4) is 6.07 Å². The van der Waals surface area contributed by atoms with Gasteiger partial charge in [-0.1, -0.05) is 29.8 Å². The van der Waals surface area contributed by atoms with Gasteiger partial charge in [0.2, 0.25) is 0 Å². The lowest BCUT2D eigenvalue weighted by molar-refractivity contribution is -0.116. The summed E-state index contributed by atoms with van der Waals surface area (Å²) in [6.07, 6.45) is 4.15. The van der Waals surface area contributed by atoms with Crippen molar-refractivity contribution in [1.82, 2.24) is 9.88 Å². The van der Waals surface area contributed by atoms with E-state index in [9.17, 15) is 10.1 Å². The van der Waals surface area contributed by atoms with Crippen LogP contribution in [-0.2, 0) is 10.5 Å². The van der Waals surface area contributed by atoms with Crippen LogP contribution in [0.3, 0.4) is 0 Å². The molecule has 2 aromatic rings. The third-order valence-electron chi connectivity index (χ3n) is 5.02. The SMILES string of the molecule is Cc1ccc(CSCCNC(=O)C(C#N)=Cc2cc(C)n(C3CC3)c2C)cc1. The molecule has 1 saturated carbocycles. The maximum Gasteiger partial charge on any atom is 0.261 e. The summed E-state index contributed by atoms with van der Waals surface area (Å²) in [5.41, 5.74) is 6.00. The molecule has 28 heavy (non-hydrogen) atoms. The van der Waals surface area contributed by atoms with E-state index in [0.717, 1.165) is 22.8 Å². The first-order chi connectivity index (χ1) is 13.5. The number of aryl methyl sites for hydroxylation is 2. The number of nitriles is 1. The van der Waals surface area contributed by atoms with Crippen molar-refractivity contribution in [3.63, 3.8) is 0 Å². The molecule has 0 atom stereocenters. The molecule has 1 aliphatic rings. The van der Waals surface area contributed by atoms with Crippen LogP contribution >= 0.6 is 11.8 Å². The Hall–Kier alpha value is -2.45. The number of amides is 1. The molecule has 146 valence electrons. The Morgan fingerprint density at radius 1 is 1.29 bits per heavy atom. The molecule has 0 aliphatic heterocycles. The van der Waals surface area contributed by atoms with Crippen molar-refractivity contribution in [3.05, 3.63) is 64.0 Å². The highest BCUT2D eigenvalue weighted by Crippen LogP contribution is 2.38. The summed E-state index contributed by atoms with van der Waals surface area (Å²) in [6.45, 7) is 6.78. The molecule has 4 nitrogen and oxygen atoms in total. The number of nitrogens with zero attached hydrogens (tertiary/aromatic N) is 2. The van der Waals surface area contributed by atoms with E-state index in [1.165, 1.54) is 29.7 Å². The normalized spacial score (nSPS) is 14.0. The van der Waals surface area contributed by atoms with Crippen LogP contribution in [0.25, 0.3) is 6.08 Å². The van der Waals surface area contributed by atoms with Gasteiger partial charge in [-0.15, -0.1) is 0 Å². The minimum absolute atomic E-state index is 0.166. The van der Waals surface area contributed by atoms with Crippen LogP contribution in [0.1, 0.15) is 47.0 Å². The van der Waals surface area contributed by atoms with Crippen LogP contribution in [0, 0.1) is 32.1 Å². The first-order valence-corrected chi connectivity index (χ1v) is 10.9. The summed E-state index contributed by atoms with van der Waals surface area (Å²) in [4.78, 5) is 12.4. The molecule has 1 amide bonds. The summed E-state index contributed by atoms with van der Waals surface area (Å²) in [7, 11) is 0. The van der Waals surface area contributed by atoms with Crippen molar-refractivity contribution < 1.29 is 4.79 Å². The number of benzene rings is 1. The third kappa shape index (κ3) is 5.08. The van der Waals surface area contributed by atoms with Gasteiger partial charge in [-0.3, -0.25) is 4.79 Å². The van der Waals surface area contributed by atoms with Crippen LogP contribution in [0.5, 0.6) is 0 Å². The predicted molar refractivity (Wildman–Crippen MR) is 116 cm³/mol. The molecule has 1 aromatic carbocycles. The quantitative estimate of drug-likeness (QED) is 0.402. The largest absolute Gasteiger partial charge is 0.351 e. The second-order valence-corrected chi connectivity index (χ2v) is 8.50. The number of nitrogens with one attached hydrogen (secondary N) is 1. The van der Waals surface area contributed by atoms with Crippen molar-refractivity contribution in [2.45, 2.75) is 45.4 Å². The fraction of sp³-hybridized carbons (Fsp3) is 0.391.